The van der Waals surface area contributed by atoms with Gasteiger partial charge in [-0.05, 0) is 74.2 Å². The number of fused-ring (bicyclic) bond motifs is 3. The molecule has 7 aromatic carbocycles. The first-order chi connectivity index (χ1) is 24.7. The summed E-state index contributed by atoms with van der Waals surface area (Å²) in [6.45, 7) is 7.63. The maximum atomic E-state index is 10.9. The molecule has 0 bridgehead atoms. The third kappa shape index (κ3) is 4.80. The van der Waals surface area contributed by atoms with E-state index in [0.717, 1.165) is 43.8 Å². The van der Waals surface area contributed by atoms with Crippen molar-refractivity contribution in [1.29, 1.82) is 10.5 Å². The molecule has 0 aliphatic heterocycles. The zero-order valence-electron chi connectivity index (χ0n) is 27.0. The number of para-hydroxylation sites is 1. The Morgan fingerprint density at radius 1 is 0.540 bits per heavy atom. The number of nitrogens with zero attached hydrogens (tertiary/aromatic N) is 4. The van der Waals surface area contributed by atoms with Crippen molar-refractivity contribution in [2.45, 2.75) is 0 Å². The van der Waals surface area contributed by atoms with E-state index < -0.39 is 8.07 Å². The zero-order valence-corrected chi connectivity index (χ0v) is 28.0. The molecule has 8 aromatic rings. The van der Waals surface area contributed by atoms with Gasteiger partial charge in [0.05, 0.1) is 46.6 Å². The van der Waals surface area contributed by atoms with Gasteiger partial charge in [-0.2, -0.15) is 10.5 Å². The number of aromatic nitrogens is 1. The van der Waals surface area contributed by atoms with Gasteiger partial charge in [0.15, 0.2) is 13.8 Å². The predicted molar refractivity (Wildman–Crippen MR) is 206 cm³/mol. The van der Waals surface area contributed by atoms with Crippen LogP contribution < -0.4 is 20.7 Å². The van der Waals surface area contributed by atoms with Gasteiger partial charge in [0.1, 0.15) is 0 Å². The number of hydrogen-bond acceptors (Lipinski definition) is 2. The topological polar surface area (TPSA) is 56.9 Å². The van der Waals surface area contributed by atoms with E-state index in [0.29, 0.717) is 16.8 Å². The highest BCUT2D eigenvalue weighted by molar-refractivity contribution is 7.20. The third-order valence-electron chi connectivity index (χ3n) is 9.63. The highest BCUT2D eigenvalue weighted by atomic mass is 28.3. The minimum absolute atomic E-state index is 0.546. The standard InChI is InChI=1S/C45H28N4Si/c1-48-35-23-25-44-41(29-35)40-27-32(30-46)21-24-43(40)49(44)42-20-12-11-19-39(42)33-22-26-45(34(28-33)31-47)50(36-13-5-2-6-14-36,37-15-7-3-8-16-37)38-17-9-4-10-18-38/h2-29H. The van der Waals surface area contributed by atoms with Crippen molar-refractivity contribution in [3.63, 3.8) is 0 Å². The van der Waals surface area contributed by atoms with E-state index in [9.17, 15) is 10.5 Å². The van der Waals surface area contributed by atoms with E-state index in [1.807, 2.05) is 72.8 Å². The van der Waals surface area contributed by atoms with Crippen molar-refractivity contribution >= 4 is 56.3 Å². The maximum absolute atomic E-state index is 10.9. The van der Waals surface area contributed by atoms with E-state index in [1.54, 1.807) is 0 Å². The lowest BCUT2D eigenvalue weighted by Gasteiger charge is -2.35. The largest absolute Gasteiger partial charge is 0.309 e. The summed E-state index contributed by atoms with van der Waals surface area (Å²) in [4.78, 5) is 3.68. The fourth-order valence-corrected chi connectivity index (χ4v) is 12.4. The Balaban J connectivity index is 1.39. The average Bonchev–Trinajstić information content (AvgIpc) is 3.52. The van der Waals surface area contributed by atoms with Gasteiger partial charge in [0.25, 0.3) is 0 Å². The first-order valence-corrected chi connectivity index (χ1v) is 18.3. The van der Waals surface area contributed by atoms with E-state index in [4.69, 9.17) is 6.57 Å². The lowest BCUT2D eigenvalue weighted by Crippen LogP contribution is -2.75. The molecule has 0 amide bonds. The molecule has 0 unspecified atom stereocenters. The molecule has 50 heavy (non-hydrogen) atoms. The van der Waals surface area contributed by atoms with E-state index in [2.05, 4.69) is 119 Å². The number of rotatable bonds is 6. The van der Waals surface area contributed by atoms with Crippen LogP contribution in [0.25, 0.3) is 43.5 Å². The van der Waals surface area contributed by atoms with Crippen molar-refractivity contribution in [3.05, 3.63) is 192 Å². The second-order valence-electron chi connectivity index (χ2n) is 12.2. The van der Waals surface area contributed by atoms with Crippen molar-refractivity contribution in [2.24, 2.45) is 0 Å². The van der Waals surface area contributed by atoms with Gasteiger partial charge in [0, 0.05) is 10.9 Å². The fourth-order valence-electron chi connectivity index (χ4n) is 7.48. The van der Waals surface area contributed by atoms with Crippen molar-refractivity contribution in [3.8, 4) is 29.0 Å². The molecule has 0 fully saturated rings. The zero-order chi connectivity index (χ0) is 34.1. The quantitative estimate of drug-likeness (QED) is 0.104. The van der Waals surface area contributed by atoms with E-state index >= 15 is 0 Å². The van der Waals surface area contributed by atoms with E-state index in [-0.39, 0.29) is 0 Å². The van der Waals surface area contributed by atoms with Crippen molar-refractivity contribution in [2.75, 3.05) is 0 Å². The Hall–Kier alpha value is -6.97. The second-order valence-corrected chi connectivity index (χ2v) is 16.0. The van der Waals surface area contributed by atoms with Crippen LogP contribution in [0, 0.1) is 29.2 Å². The predicted octanol–water partition coefficient (Wildman–Crippen LogP) is 8.12. The van der Waals surface area contributed by atoms with Gasteiger partial charge in [-0.3, -0.25) is 0 Å². The summed E-state index contributed by atoms with van der Waals surface area (Å²) in [5.41, 5.74) is 6.48. The van der Waals surface area contributed by atoms with Crippen LogP contribution in [0.3, 0.4) is 0 Å². The summed E-state index contributed by atoms with van der Waals surface area (Å²) >= 11 is 0. The molecule has 1 aromatic heterocycles. The monoisotopic (exact) mass is 652 g/mol. The molecule has 0 spiro atoms. The molecule has 0 radical (unpaired) electrons. The smallest absolute Gasteiger partial charge is 0.188 e. The van der Waals surface area contributed by atoms with E-state index in [1.165, 1.54) is 15.6 Å². The summed E-state index contributed by atoms with van der Waals surface area (Å²) in [6, 6.07) is 62.8. The van der Waals surface area contributed by atoms with Crippen LogP contribution >= 0.6 is 0 Å². The fraction of sp³-hybridized carbons (Fsp3) is 0. The van der Waals surface area contributed by atoms with Crippen LogP contribution in [0.5, 0.6) is 0 Å². The number of benzene rings is 7. The van der Waals surface area contributed by atoms with Gasteiger partial charge < -0.3 is 4.57 Å². The Kier molecular flexibility index (Phi) is 7.63. The third-order valence-corrected chi connectivity index (χ3v) is 14.5. The highest BCUT2D eigenvalue weighted by Crippen LogP contribution is 2.38. The van der Waals surface area contributed by atoms with Crippen LogP contribution in [-0.4, -0.2) is 12.6 Å². The molecule has 0 aliphatic rings. The first kappa shape index (κ1) is 30.4. The van der Waals surface area contributed by atoms with Gasteiger partial charge in [0.2, 0.25) is 0 Å². The van der Waals surface area contributed by atoms with Gasteiger partial charge in [-0.25, -0.2) is 4.85 Å². The van der Waals surface area contributed by atoms with Crippen LogP contribution in [-0.2, 0) is 0 Å². The summed E-state index contributed by atoms with van der Waals surface area (Å²) < 4.78 is 2.20. The minimum atomic E-state index is -2.93. The average molecular weight is 653 g/mol. The highest BCUT2D eigenvalue weighted by Gasteiger charge is 2.43. The molecule has 5 heteroatoms. The molecule has 0 saturated carbocycles. The SMILES string of the molecule is [C-]#[N+]c1ccc2c(c1)c1cc(C#N)ccc1n2-c1ccccc1-c1ccc([Si](c2ccccc2)(c2ccccc2)c2ccccc2)c(C#N)c1. The van der Waals surface area contributed by atoms with Crippen LogP contribution in [0.4, 0.5) is 5.69 Å². The molecule has 1 heterocycles. The van der Waals surface area contributed by atoms with Crippen LogP contribution in [0.1, 0.15) is 11.1 Å². The molecule has 0 atom stereocenters. The molecule has 0 N–H and O–H groups in total. The van der Waals surface area contributed by atoms with Crippen molar-refractivity contribution < 1.29 is 0 Å². The molecular weight excluding hydrogens is 625 g/mol. The maximum Gasteiger partial charge on any atom is 0.188 e. The summed E-state index contributed by atoms with van der Waals surface area (Å²) in [6.07, 6.45) is 0. The van der Waals surface area contributed by atoms with Crippen LogP contribution in [0.2, 0.25) is 0 Å². The molecule has 232 valence electrons. The second kappa shape index (κ2) is 12.6. The Morgan fingerprint density at radius 3 is 1.68 bits per heavy atom. The Labute approximate surface area is 291 Å². The lowest BCUT2D eigenvalue weighted by atomic mass is 10.0. The molecule has 8 rings (SSSR count). The van der Waals surface area contributed by atoms with Gasteiger partial charge in [-0.15, -0.1) is 0 Å². The first-order valence-electron chi connectivity index (χ1n) is 16.3. The molecule has 0 aliphatic carbocycles. The Morgan fingerprint density at radius 2 is 1.10 bits per heavy atom. The number of nitriles is 2. The summed E-state index contributed by atoms with van der Waals surface area (Å²) in [7, 11) is -2.93. The molecule has 0 saturated heterocycles. The van der Waals surface area contributed by atoms with Gasteiger partial charge in [-0.1, -0.05) is 127 Å². The van der Waals surface area contributed by atoms with Crippen LogP contribution in [0.15, 0.2) is 170 Å². The minimum Gasteiger partial charge on any atom is -0.309 e. The number of hydrogen-bond donors (Lipinski definition) is 0. The Bertz CT molecular complexity index is 2510. The molecule has 4 nitrogen and oxygen atoms in total. The summed E-state index contributed by atoms with van der Waals surface area (Å²) in [5, 5.41) is 27.2. The molecular formula is C45H28N4Si. The lowest BCUT2D eigenvalue weighted by molar-refractivity contribution is 1.18. The van der Waals surface area contributed by atoms with Gasteiger partial charge >= 0.3 is 0 Å². The normalized spacial score (nSPS) is 11.1. The summed E-state index contributed by atoms with van der Waals surface area (Å²) in [5.74, 6) is 0. The van der Waals surface area contributed by atoms with Crippen molar-refractivity contribution in [1.82, 2.24) is 4.57 Å².